The Labute approximate surface area is 105 Å². The van der Waals surface area contributed by atoms with Crippen molar-refractivity contribution < 1.29 is 13.6 Å². The van der Waals surface area contributed by atoms with Crippen LogP contribution in [0, 0.1) is 18.6 Å². The van der Waals surface area contributed by atoms with Crippen molar-refractivity contribution in [2.45, 2.75) is 13.5 Å². The molecule has 0 atom stereocenters. The van der Waals surface area contributed by atoms with Gasteiger partial charge < -0.3 is 0 Å². The molecule has 0 amide bonds. The zero-order chi connectivity index (χ0) is 13.3. The fourth-order valence-corrected chi connectivity index (χ4v) is 2.24. The number of thiazole rings is 1. The topological polar surface area (TPSA) is 39.1 Å². The van der Waals surface area contributed by atoms with Gasteiger partial charge in [-0.2, -0.15) is 0 Å². The maximum atomic E-state index is 13.0. The maximum absolute atomic E-state index is 13.0. The van der Waals surface area contributed by atoms with Gasteiger partial charge in [0.05, 0.1) is 6.54 Å². The van der Waals surface area contributed by atoms with E-state index >= 15 is 0 Å². The Morgan fingerprint density at radius 2 is 2.06 bits per heavy atom. The van der Waals surface area contributed by atoms with Gasteiger partial charge >= 0.3 is 4.87 Å². The molecule has 3 nitrogen and oxygen atoms in total. The Morgan fingerprint density at radius 3 is 2.61 bits per heavy atom. The molecule has 0 N–H and O–H groups in total. The third kappa shape index (κ3) is 2.38. The van der Waals surface area contributed by atoms with Gasteiger partial charge in [0.15, 0.2) is 17.4 Å². The highest BCUT2D eigenvalue weighted by molar-refractivity contribution is 7.07. The number of aryl methyl sites for hydroxylation is 1. The molecule has 2 rings (SSSR count). The van der Waals surface area contributed by atoms with Crippen LogP contribution in [-0.2, 0) is 6.54 Å². The summed E-state index contributed by atoms with van der Waals surface area (Å²) in [7, 11) is 0. The average Bonchev–Trinajstić information content (AvgIpc) is 2.64. The fraction of sp³-hybridized carbons (Fsp3) is 0.167. The van der Waals surface area contributed by atoms with Crippen LogP contribution in [0.15, 0.2) is 28.4 Å². The first-order valence-electron chi connectivity index (χ1n) is 5.12. The Bertz CT molecular complexity index is 660. The van der Waals surface area contributed by atoms with Crippen molar-refractivity contribution >= 4 is 17.1 Å². The van der Waals surface area contributed by atoms with Crippen molar-refractivity contribution in [3.8, 4) is 0 Å². The van der Waals surface area contributed by atoms with Gasteiger partial charge in [0.1, 0.15) is 0 Å². The number of aromatic nitrogens is 1. The number of hydrogen-bond donors (Lipinski definition) is 0. The lowest BCUT2D eigenvalue weighted by molar-refractivity contribution is 0.0970. The predicted octanol–water partition coefficient (Wildman–Crippen LogP) is 2.38. The van der Waals surface area contributed by atoms with E-state index in [4.69, 9.17) is 0 Å². The molecule has 0 fully saturated rings. The molecule has 0 spiro atoms. The Kier molecular flexibility index (Phi) is 3.38. The fourth-order valence-electron chi connectivity index (χ4n) is 1.50. The minimum absolute atomic E-state index is 0.0476. The number of carbonyl (C=O) groups is 1. The van der Waals surface area contributed by atoms with E-state index in [0.29, 0.717) is 5.69 Å². The summed E-state index contributed by atoms with van der Waals surface area (Å²) in [6.07, 6.45) is 0. The molecule has 0 bridgehead atoms. The molecule has 1 aromatic heterocycles. The van der Waals surface area contributed by atoms with E-state index in [0.717, 1.165) is 23.5 Å². The number of Topliss-reactive ketones (excluding diaryl/α,β-unsaturated/α-hetero) is 1. The molecule has 18 heavy (non-hydrogen) atoms. The van der Waals surface area contributed by atoms with Gasteiger partial charge in [-0.3, -0.25) is 14.2 Å². The first kappa shape index (κ1) is 12.6. The zero-order valence-electron chi connectivity index (χ0n) is 9.44. The lowest BCUT2D eigenvalue weighted by atomic mass is 10.1. The summed E-state index contributed by atoms with van der Waals surface area (Å²) in [5.74, 6) is -2.51. The van der Waals surface area contributed by atoms with E-state index in [1.54, 1.807) is 12.3 Å². The third-order valence-corrected chi connectivity index (χ3v) is 3.40. The van der Waals surface area contributed by atoms with Crippen molar-refractivity contribution in [3.63, 3.8) is 0 Å². The Balaban J connectivity index is 2.27. The summed E-state index contributed by atoms with van der Waals surface area (Å²) in [6, 6.07) is 2.93. The molecule has 0 saturated carbocycles. The van der Waals surface area contributed by atoms with Crippen LogP contribution in [0.25, 0.3) is 0 Å². The van der Waals surface area contributed by atoms with Crippen LogP contribution in [0.2, 0.25) is 0 Å². The van der Waals surface area contributed by atoms with Crippen LogP contribution in [0.1, 0.15) is 16.1 Å². The zero-order valence-corrected chi connectivity index (χ0v) is 10.3. The highest BCUT2D eigenvalue weighted by Crippen LogP contribution is 2.10. The molecule has 0 saturated heterocycles. The lowest BCUT2D eigenvalue weighted by Gasteiger charge is -2.04. The number of ketones is 1. The van der Waals surface area contributed by atoms with Crippen LogP contribution in [0.3, 0.4) is 0 Å². The standard InChI is InChI=1S/C12H9F2NO2S/c1-7-6-18-12(17)15(7)5-11(16)8-2-3-9(13)10(14)4-8/h2-4,6H,5H2,1H3. The van der Waals surface area contributed by atoms with E-state index < -0.39 is 17.4 Å². The summed E-state index contributed by atoms with van der Waals surface area (Å²) in [5.41, 5.74) is 0.715. The van der Waals surface area contributed by atoms with E-state index in [9.17, 15) is 18.4 Å². The number of halogens is 2. The van der Waals surface area contributed by atoms with Crippen LogP contribution in [0.5, 0.6) is 0 Å². The van der Waals surface area contributed by atoms with Gasteiger partial charge in [-0.15, -0.1) is 0 Å². The second-order valence-electron chi connectivity index (χ2n) is 3.78. The first-order valence-corrected chi connectivity index (χ1v) is 6.00. The summed E-state index contributed by atoms with van der Waals surface area (Å²) < 4.78 is 27.0. The molecule has 0 aliphatic carbocycles. The predicted molar refractivity (Wildman–Crippen MR) is 64.0 cm³/mol. The van der Waals surface area contributed by atoms with Crippen molar-refractivity contribution in [3.05, 3.63) is 56.1 Å². The normalized spacial score (nSPS) is 10.6. The van der Waals surface area contributed by atoms with Crippen molar-refractivity contribution in [2.75, 3.05) is 0 Å². The number of carbonyl (C=O) groups excluding carboxylic acids is 1. The van der Waals surface area contributed by atoms with Crippen molar-refractivity contribution in [2.24, 2.45) is 0 Å². The van der Waals surface area contributed by atoms with E-state index in [2.05, 4.69) is 0 Å². The van der Waals surface area contributed by atoms with Crippen LogP contribution < -0.4 is 4.87 Å². The number of benzene rings is 1. The molecule has 0 aliphatic heterocycles. The highest BCUT2D eigenvalue weighted by Gasteiger charge is 2.12. The van der Waals surface area contributed by atoms with Gasteiger partial charge in [0.2, 0.25) is 0 Å². The Morgan fingerprint density at radius 1 is 1.33 bits per heavy atom. The molecule has 1 heterocycles. The smallest absolute Gasteiger partial charge is 0.296 e. The number of nitrogens with zero attached hydrogens (tertiary/aromatic N) is 1. The lowest BCUT2D eigenvalue weighted by Crippen LogP contribution is -2.20. The number of rotatable bonds is 3. The monoisotopic (exact) mass is 269 g/mol. The van der Waals surface area contributed by atoms with Gasteiger partial charge in [-0.25, -0.2) is 8.78 Å². The van der Waals surface area contributed by atoms with Crippen molar-refractivity contribution in [1.82, 2.24) is 4.57 Å². The number of hydrogen-bond acceptors (Lipinski definition) is 3. The largest absolute Gasteiger partial charge is 0.307 e. The molecule has 1 aromatic carbocycles. The minimum atomic E-state index is -1.07. The molecule has 2 aromatic rings. The van der Waals surface area contributed by atoms with E-state index in [1.165, 1.54) is 10.6 Å². The summed E-state index contributed by atoms with van der Waals surface area (Å²) in [6.45, 7) is 1.54. The summed E-state index contributed by atoms with van der Waals surface area (Å²) >= 11 is 0.995. The SMILES string of the molecule is Cc1csc(=O)n1CC(=O)c1ccc(F)c(F)c1. The molecular formula is C12H9F2NO2S. The van der Waals surface area contributed by atoms with Crippen LogP contribution in [0.4, 0.5) is 8.78 Å². The van der Waals surface area contributed by atoms with Gasteiger partial charge in [0.25, 0.3) is 0 Å². The molecule has 6 heteroatoms. The quantitative estimate of drug-likeness (QED) is 0.802. The van der Waals surface area contributed by atoms with Crippen LogP contribution >= 0.6 is 11.3 Å². The second-order valence-corrected chi connectivity index (χ2v) is 4.60. The van der Waals surface area contributed by atoms with Crippen molar-refractivity contribution in [1.29, 1.82) is 0 Å². The van der Waals surface area contributed by atoms with Crippen LogP contribution in [-0.4, -0.2) is 10.4 Å². The van der Waals surface area contributed by atoms with Gasteiger partial charge in [-0.1, -0.05) is 11.3 Å². The molecule has 0 aliphatic rings. The summed E-state index contributed by atoms with van der Waals surface area (Å²) in [4.78, 5) is 23.0. The average molecular weight is 269 g/mol. The summed E-state index contributed by atoms with van der Waals surface area (Å²) in [5, 5.41) is 1.64. The van der Waals surface area contributed by atoms with E-state index in [1.807, 2.05) is 0 Å². The van der Waals surface area contributed by atoms with Gasteiger partial charge in [-0.05, 0) is 25.1 Å². The van der Waals surface area contributed by atoms with Gasteiger partial charge in [0, 0.05) is 16.6 Å². The molecule has 94 valence electrons. The van der Waals surface area contributed by atoms with E-state index in [-0.39, 0.29) is 17.0 Å². The Hall–Kier alpha value is -1.82. The minimum Gasteiger partial charge on any atom is -0.296 e. The maximum Gasteiger partial charge on any atom is 0.307 e. The highest BCUT2D eigenvalue weighted by atomic mass is 32.1. The molecule has 0 unspecified atom stereocenters. The third-order valence-electron chi connectivity index (χ3n) is 2.52. The second kappa shape index (κ2) is 4.81. The molecular weight excluding hydrogens is 260 g/mol. The first-order chi connectivity index (χ1) is 8.49. The molecule has 0 radical (unpaired) electrons.